The van der Waals surface area contributed by atoms with Crippen molar-refractivity contribution >= 4 is 12.6 Å². The molecule has 0 atom stereocenters. The first-order valence-electron chi connectivity index (χ1n) is 7.20. The van der Waals surface area contributed by atoms with Gasteiger partial charge in [-0.1, -0.05) is 0 Å². The van der Waals surface area contributed by atoms with Crippen molar-refractivity contribution < 1.29 is 9.31 Å². The van der Waals surface area contributed by atoms with Crippen molar-refractivity contribution in [2.24, 2.45) is 5.73 Å². The van der Waals surface area contributed by atoms with Gasteiger partial charge in [0.1, 0.15) is 0 Å². The summed E-state index contributed by atoms with van der Waals surface area (Å²) in [5, 5.41) is 4.45. The molecule has 0 amide bonds. The lowest BCUT2D eigenvalue weighted by atomic mass is 9.82. The van der Waals surface area contributed by atoms with Gasteiger partial charge in [0, 0.05) is 17.9 Å². The fraction of sp³-hybridized carbons (Fsp3) is 0.786. The van der Waals surface area contributed by atoms with E-state index in [9.17, 15) is 0 Å². The molecule has 2 heterocycles. The predicted molar refractivity (Wildman–Crippen MR) is 80.9 cm³/mol. The third kappa shape index (κ3) is 2.64. The Bertz CT molecular complexity index is 467. The van der Waals surface area contributed by atoms with Crippen LogP contribution in [0.1, 0.15) is 48.0 Å². The zero-order valence-electron chi connectivity index (χ0n) is 13.4. The molecule has 0 aliphatic carbocycles. The Balaban J connectivity index is 2.19. The van der Waals surface area contributed by atoms with Crippen LogP contribution in [0.4, 0.5) is 0 Å². The van der Waals surface area contributed by atoms with Crippen LogP contribution in [0.2, 0.25) is 0 Å². The highest BCUT2D eigenvalue weighted by Gasteiger charge is 2.52. The van der Waals surface area contributed by atoms with Gasteiger partial charge in [0.25, 0.3) is 0 Å². The SMILES string of the molecule is CC(C)(CCN)n1cc(B2OC(C)(C)C(C)(C)O2)cn1. The molecular weight excluding hydrogens is 253 g/mol. The first kappa shape index (κ1) is 15.5. The number of nitrogens with two attached hydrogens (primary N) is 1. The third-order valence-corrected chi connectivity index (χ3v) is 4.50. The summed E-state index contributed by atoms with van der Waals surface area (Å²) in [5.41, 5.74) is 5.86. The summed E-state index contributed by atoms with van der Waals surface area (Å²) in [5.74, 6) is 0. The fourth-order valence-electron chi connectivity index (χ4n) is 2.24. The molecule has 5 nitrogen and oxygen atoms in total. The van der Waals surface area contributed by atoms with Crippen LogP contribution in [0.5, 0.6) is 0 Å². The minimum Gasteiger partial charge on any atom is -0.399 e. The fourth-order valence-corrected chi connectivity index (χ4v) is 2.24. The normalized spacial score (nSPS) is 21.4. The molecule has 0 aromatic carbocycles. The van der Waals surface area contributed by atoms with Crippen LogP contribution < -0.4 is 11.2 Å². The van der Waals surface area contributed by atoms with E-state index in [-0.39, 0.29) is 23.9 Å². The van der Waals surface area contributed by atoms with Crippen molar-refractivity contribution in [1.82, 2.24) is 9.78 Å². The van der Waals surface area contributed by atoms with Gasteiger partial charge >= 0.3 is 7.12 Å². The first-order valence-corrected chi connectivity index (χ1v) is 7.20. The molecule has 0 spiro atoms. The van der Waals surface area contributed by atoms with Gasteiger partial charge in [-0.3, -0.25) is 4.68 Å². The second-order valence-corrected chi connectivity index (χ2v) is 7.16. The second-order valence-electron chi connectivity index (χ2n) is 7.16. The van der Waals surface area contributed by atoms with Crippen LogP contribution in [-0.2, 0) is 14.8 Å². The molecule has 0 unspecified atom stereocenters. The van der Waals surface area contributed by atoms with Crippen LogP contribution in [0.25, 0.3) is 0 Å². The molecule has 20 heavy (non-hydrogen) atoms. The van der Waals surface area contributed by atoms with E-state index < -0.39 is 0 Å². The molecule has 1 fully saturated rings. The smallest absolute Gasteiger partial charge is 0.399 e. The van der Waals surface area contributed by atoms with E-state index in [1.54, 1.807) is 0 Å². The summed E-state index contributed by atoms with van der Waals surface area (Å²) in [7, 11) is -0.359. The van der Waals surface area contributed by atoms with Crippen LogP contribution >= 0.6 is 0 Å². The summed E-state index contributed by atoms with van der Waals surface area (Å²) >= 11 is 0. The Morgan fingerprint density at radius 2 is 1.80 bits per heavy atom. The molecular formula is C14H26BN3O2. The van der Waals surface area contributed by atoms with Crippen LogP contribution in [-0.4, -0.2) is 34.6 Å². The molecule has 112 valence electrons. The van der Waals surface area contributed by atoms with Crippen LogP contribution in [0.15, 0.2) is 12.4 Å². The van der Waals surface area contributed by atoms with Gasteiger partial charge in [0.05, 0.1) is 16.7 Å². The monoisotopic (exact) mass is 279 g/mol. The largest absolute Gasteiger partial charge is 0.498 e. The van der Waals surface area contributed by atoms with Crippen molar-refractivity contribution in [3.63, 3.8) is 0 Å². The van der Waals surface area contributed by atoms with Crippen LogP contribution in [0.3, 0.4) is 0 Å². The first-order chi connectivity index (χ1) is 9.09. The standard InChI is InChI=1S/C14H26BN3O2/c1-12(2,7-8-16)18-10-11(9-17-18)15-19-13(3,4)14(5,6)20-15/h9-10H,7-8,16H2,1-6H3. The van der Waals surface area contributed by atoms with Gasteiger partial charge < -0.3 is 15.0 Å². The Hall–Kier alpha value is -0.845. The minimum absolute atomic E-state index is 0.101. The van der Waals surface area contributed by atoms with E-state index in [0.717, 1.165) is 11.9 Å². The molecule has 1 aliphatic rings. The van der Waals surface area contributed by atoms with Crippen molar-refractivity contribution in [3.05, 3.63) is 12.4 Å². The van der Waals surface area contributed by atoms with Gasteiger partial charge in [-0.05, 0) is 54.5 Å². The molecule has 1 aromatic rings. The number of aromatic nitrogens is 2. The highest BCUT2D eigenvalue weighted by molar-refractivity contribution is 6.62. The van der Waals surface area contributed by atoms with Gasteiger partial charge in [-0.15, -0.1) is 0 Å². The Labute approximate surface area is 122 Å². The molecule has 0 saturated carbocycles. The summed E-state index contributed by atoms with van der Waals surface area (Å²) in [6, 6.07) is 0. The van der Waals surface area contributed by atoms with Gasteiger partial charge in [-0.2, -0.15) is 5.10 Å². The molecule has 1 aromatic heterocycles. The van der Waals surface area contributed by atoms with E-state index >= 15 is 0 Å². The average Bonchev–Trinajstić information content (AvgIpc) is 2.83. The topological polar surface area (TPSA) is 62.3 Å². The Morgan fingerprint density at radius 1 is 1.25 bits per heavy atom. The maximum Gasteiger partial charge on any atom is 0.498 e. The van der Waals surface area contributed by atoms with E-state index in [0.29, 0.717) is 6.54 Å². The lowest BCUT2D eigenvalue weighted by Gasteiger charge is -2.32. The summed E-state index contributed by atoms with van der Waals surface area (Å²) in [6.07, 6.45) is 4.69. The molecule has 0 radical (unpaired) electrons. The predicted octanol–water partition coefficient (Wildman–Crippen LogP) is 1.27. The highest BCUT2D eigenvalue weighted by atomic mass is 16.7. The zero-order valence-corrected chi connectivity index (χ0v) is 13.4. The number of rotatable bonds is 4. The maximum atomic E-state index is 6.04. The van der Waals surface area contributed by atoms with Crippen molar-refractivity contribution in [2.75, 3.05) is 6.54 Å². The van der Waals surface area contributed by atoms with E-state index in [1.807, 2.05) is 17.1 Å². The third-order valence-electron chi connectivity index (χ3n) is 4.50. The number of hydrogen-bond acceptors (Lipinski definition) is 4. The Morgan fingerprint density at radius 3 is 2.30 bits per heavy atom. The highest BCUT2D eigenvalue weighted by Crippen LogP contribution is 2.36. The lowest BCUT2D eigenvalue weighted by molar-refractivity contribution is 0.00578. The van der Waals surface area contributed by atoms with E-state index in [2.05, 4.69) is 46.6 Å². The molecule has 0 bridgehead atoms. The van der Waals surface area contributed by atoms with E-state index in [4.69, 9.17) is 15.0 Å². The lowest BCUT2D eigenvalue weighted by Crippen LogP contribution is -2.41. The molecule has 2 rings (SSSR count). The van der Waals surface area contributed by atoms with Gasteiger partial charge in [0.15, 0.2) is 0 Å². The maximum absolute atomic E-state index is 6.04. The summed E-state index contributed by atoms with van der Waals surface area (Å²) < 4.78 is 14.0. The van der Waals surface area contributed by atoms with Crippen LogP contribution in [0, 0.1) is 0 Å². The average molecular weight is 279 g/mol. The van der Waals surface area contributed by atoms with Gasteiger partial charge in [-0.25, -0.2) is 0 Å². The quantitative estimate of drug-likeness (QED) is 0.843. The molecule has 6 heteroatoms. The zero-order chi connectivity index (χ0) is 15.2. The van der Waals surface area contributed by atoms with E-state index in [1.165, 1.54) is 0 Å². The molecule has 2 N–H and O–H groups in total. The van der Waals surface area contributed by atoms with Crippen molar-refractivity contribution in [2.45, 2.75) is 64.7 Å². The Kier molecular flexibility index (Phi) is 3.78. The molecule has 1 aliphatic heterocycles. The molecule has 1 saturated heterocycles. The minimum atomic E-state index is -0.359. The number of nitrogens with zero attached hydrogens (tertiary/aromatic N) is 2. The van der Waals surface area contributed by atoms with Crippen molar-refractivity contribution in [3.8, 4) is 0 Å². The number of hydrogen-bond donors (Lipinski definition) is 1. The second kappa shape index (κ2) is 4.86. The summed E-state index contributed by atoms with van der Waals surface area (Å²) in [4.78, 5) is 0. The van der Waals surface area contributed by atoms with Crippen molar-refractivity contribution in [1.29, 1.82) is 0 Å². The van der Waals surface area contributed by atoms with Gasteiger partial charge in [0.2, 0.25) is 0 Å². The summed E-state index contributed by atoms with van der Waals surface area (Å²) in [6.45, 7) is 13.1.